The fraction of sp³-hybridized carbons (Fsp3) is 0.417. The lowest BCUT2D eigenvalue weighted by atomic mass is 10.3. The van der Waals surface area contributed by atoms with Crippen LogP contribution in [0.2, 0.25) is 0 Å². The summed E-state index contributed by atoms with van der Waals surface area (Å²) in [6, 6.07) is 0. The quantitative estimate of drug-likeness (QED) is 0.790. The van der Waals surface area contributed by atoms with Gasteiger partial charge in [-0.25, -0.2) is 9.97 Å². The smallest absolute Gasteiger partial charge is 0.159 e. The van der Waals surface area contributed by atoms with E-state index >= 15 is 0 Å². The number of imidazole rings is 1. The average Bonchev–Trinajstić information content (AvgIpc) is 2.70. The molecule has 0 unspecified atom stereocenters. The first-order chi connectivity index (χ1) is 7.72. The van der Waals surface area contributed by atoms with Crippen molar-refractivity contribution in [3.8, 4) is 5.82 Å². The number of aryl methyl sites for hydroxylation is 3. The minimum Gasteiger partial charge on any atom is -0.286 e. The fourth-order valence-corrected chi connectivity index (χ4v) is 1.69. The second-order valence-electron chi connectivity index (χ2n) is 3.88. The monoisotopic (exact) mass is 216 g/mol. The van der Waals surface area contributed by atoms with Gasteiger partial charge in [-0.3, -0.25) is 9.55 Å². The second kappa shape index (κ2) is 4.43. The highest BCUT2D eigenvalue weighted by atomic mass is 15.1. The molecular weight excluding hydrogens is 200 g/mol. The molecule has 0 aromatic carbocycles. The van der Waals surface area contributed by atoms with Gasteiger partial charge in [-0.1, -0.05) is 6.92 Å². The van der Waals surface area contributed by atoms with Crippen LogP contribution in [-0.2, 0) is 6.42 Å². The molecule has 0 atom stereocenters. The Bertz CT molecular complexity index is 488. The van der Waals surface area contributed by atoms with Crippen molar-refractivity contribution in [2.24, 2.45) is 0 Å². The van der Waals surface area contributed by atoms with Crippen molar-refractivity contribution in [3.63, 3.8) is 0 Å². The van der Waals surface area contributed by atoms with Crippen LogP contribution >= 0.6 is 0 Å². The summed E-state index contributed by atoms with van der Waals surface area (Å²) in [5.74, 6) is 1.94. The van der Waals surface area contributed by atoms with E-state index in [0.717, 1.165) is 35.9 Å². The minimum atomic E-state index is 0.890. The molecule has 0 saturated heterocycles. The zero-order chi connectivity index (χ0) is 11.5. The number of aromatic nitrogens is 4. The van der Waals surface area contributed by atoms with Crippen molar-refractivity contribution in [2.75, 3.05) is 0 Å². The maximum absolute atomic E-state index is 4.52. The number of hydrogen-bond acceptors (Lipinski definition) is 3. The molecule has 0 radical (unpaired) electrons. The molecule has 16 heavy (non-hydrogen) atoms. The lowest BCUT2D eigenvalue weighted by Gasteiger charge is -2.09. The van der Waals surface area contributed by atoms with E-state index in [4.69, 9.17) is 0 Å². The maximum atomic E-state index is 4.52. The highest BCUT2D eigenvalue weighted by molar-refractivity contribution is 5.30. The highest BCUT2D eigenvalue weighted by Gasteiger charge is 2.08. The fourth-order valence-electron chi connectivity index (χ4n) is 1.69. The molecule has 2 heterocycles. The van der Waals surface area contributed by atoms with E-state index in [1.165, 1.54) is 0 Å². The molecule has 2 aromatic rings. The van der Waals surface area contributed by atoms with Crippen molar-refractivity contribution < 1.29 is 0 Å². The van der Waals surface area contributed by atoms with Crippen molar-refractivity contribution in [1.29, 1.82) is 0 Å². The average molecular weight is 216 g/mol. The van der Waals surface area contributed by atoms with Crippen LogP contribution in [0.25, 0.3) is 5.82 Å². The van der Waals surface area contributed by atoms with E-state index < -0.39 is 0 Å². The molecule has 0 fully saturated rings. The number of nitrogens with zero attached hydrogens (tertiary/aromatic N) is 4. The topological polar surface area (TPSA) is 43.6 Å². The third-order valence-electron chi connectivity index (χ3n) is 2.47. The van der Waals surface area contributed by atoms with Crippen molar-refractivity contribution in [3.05, 3.63) is 35.8 Å². The van der Waals surface area contributed by atoms with Crippen LogP contribution in [0.15, 0.2) is 18.6 Å². The summed E-state index contributed by atoms with van der Waals surface area (Å²) < 4.78 is 2.03. The van der Waals surface area contributed by atoms with Gasteiger partial charge in [-0.05, 0) is 20.3 Å². The van der Waals surface area contributed by atoms with Gasteiger partial charge >= 0.3 is 0 Å². The van der Waals surface area contributed by atoms with E-state index in [9.17, 15) is 0 Å². The first-order valence-electron chi connectivity index (χ1n) is 5.55. The molecule has 2 rings (SSSR count). The molecule has 0 aliphatic rings. The van der Waals surface area contributed by atoms with E-state index in [1.807, 2.05) is 30.8 Å². The van der Waals surface area contributed by atoms with Crippen molar-refractivity contribution >= 4 is 0 Å². The Morgan fingerprint density at radius 1 is 1.25 bits per heavy atom. The maximum Gasteiger partial charge on any atom is 0.159 e. The molecule has 0 spiro atoms. The lowest BCUT2D eigenvalue weighted by molar-refractivity contribution is 0.786. The molecule has 2 aromatic heterocycles. The van der Waals surface area contributed by atoms with Crippen LogP contribution in [0, 0.1) is 13.8 Å². The number of rotatable bonds is 3. The van der Waals surface area contributed by atoms with Crippen molar-refractivity contribution in [1.82, 2.24) is 19.5 Å². The zero-order valence-electron chi connectivity index (χ0n) is 9.94. The molecule has 4 heteroatoms. The summed E-state index contributed by atoms with van der Waals surface area (Å²) in [5.41, 5.74) is 1.86. The van der Waals surface area contributed by atoms with Crippen LogP contribution in [0.3, 0.4) is 0 Å². The third kappa shape index (κ3) is 1.96. The Morgan fingerprint density at radius 3 is 2.81 bits per heavy atom. The van der Waals surface area contributed by atoms with E-state index in [0.29, 0.717) is 0 Å². The van der Waals surface area contributed by atoms with Gasteiger partial charge in [0.05, 0.1) is 11.4 Å². The van der Waals surface area contributed by atoms with Crippen molar-refractivity contribution in [2.45, 2.75) is 33.6 Å². The zero-order valence-corrected chi connectivity index (χ0v) is 9.94. The molecular formula is C12H16N4. The molecule has 0 aliphatic carbocycles. The van der Waals surface area contributed by atoms with Gasteiger partial charge in [0.1, 0.15) is 5.82 Å². The van der Waals surface area contributed by atoms with E-state index in [2.05, 4.69) is 21.9 Å². The predicted molar refractivity (Wildman–Crippen MR) is 62.6 cm³/mol. The SMILES string of the molecule is CCCc1nccn1-c1nc(C)cnc1C. The lowest BCUT2D eigenvalue weighted by Crippen LogP contribution is -2.06. The second-order valence-corrected chi connectivity index (χ2v) is 3.88. The van der Waals surface area contributed by atoms with E-state index in [-0.39, 0.29) is 0 Å². The first kappa shape index (κ1) is 10.8. The molecule has 0 aliphatic heterocycles. The normalized spacial score (nSPS) is 10.7. The van der Waals surface area contributed by atoms with Crippen LogP contribution in [-0.4, -0.2) is 19.5 Å². The van der Waals surface area contributed by atoms with Gasteiger partial charge in [0.2, 0.25) is 0 Å². The van der Waals surface area contributed by atoms with Gasteiger partial charge in [0.15, 0.2) is 5.82 Å². The molecule has 84 valence electrons. The Morgan fingerprint density at radius 2 is 2.06 bits per heavy atom. The summed E-state index contributed by atoms with van der Waals surface area (Å²) in [4.78, 5) is 13.2. The van der Waals surface area contributed by atoms with Crippen LogP contribution in [0.4, 0.5) is 0 Å². The van der Waals surface area contributed by atoms with Gasteiger partial charge in [-0.2, -0.15) is 0 Å². The van der Waals surface area contributed by atoms with Gasteiger partial charge in [0, 0.05) is 25.0 Å². The summed E-state index contributed by atoms with van der Waals surface area (Å²) in [7, 11) is 0. The van der Waals surface area contributed by atoms with Crippen LogP contribution in [0.1, 0.15) is 30.6 Å². The molecule has 0 amide bonds. The largest absolute Gasteiger partial charge is 0.286 e. The van der Waals surface area contributed by atoms with Gasteiger partial charge < -0.3 is 0 Å². The molecule has 0 saturated carbocycles. The summed E-state index contributed by atoms with van der Waals surface area (Å²) >= 11 is 0. The Labute approximate surface area is 95.4 Å². The standard InChI is InChI=1S/C12H16N4/c1-4-5-11-13-6-7-16(11)12-10(3)14-8-9(2)15-12/h6-8H,4-5H2,1-3H3. The molecule has 0 N–H and O–H groups in total. The molecule has 4 nitrogen and oxygen atoms in total. The Kier molecular flexibility index (Phi) is 2.99. The minimum absolute atomic E-state index is 0.890. The Balaban J connectivity index is 2.49. The predicted octanol–water partition coefficient (Wildman–Crippen LogP) is 2.23. The molecule has 0 bridgehead atoms. The van der Waals surface area contributed by atoms with Crippen LogP contribution in [0.5, 0.6) is 0 Å². The summed E-state index contributed by atoms with van der Waals surface area (Å²) in [6.45, 7) is 6.07. The number of hydrogen-bond donors (Lipinski definition) is 0. The first-order valence-corrected chi connectivity index (χ1v) is 5.55. The van der Waals surface area contributed by atoms with E-state index in [1.54, 1.807) is 6.20 Å². The van der Waals surface area contributed by atoms with Crippen LogP contribution < -0.4 is 0 Å². The summed E-state index contributed by atoms with van der Waals surface area (Å²) in [5, 5.41) is 0. The third-order valence-corrected chi connectivity index (χ3v) is 2.47. The summed E-state index contributed by atoms with van der Waals surface area (Å²) in [6.07, 6.45) is 7.59. The highest BCUT2D eigenvalue weighted by Crippen LogP contribution is 2.12. The Hall–Kier alpha value is -1.71. The van der Waals surface area contributed by atoms with Gasteiger partial charge in [-0.15, -0.1) is 0 Å². The van der Waals surface area contributed by atoms with Gasteiger partial charge in [0.25, 0.3) is 0 Å².